The van der Waals surface area contributed by atoms with Crippen molar-refractivity contribution < 1.29 is 4.42 Å². The predicted molar refractivity (Wildman–Crippen MR) is 162 cm³/mol. The van der Waals surface area contributed by atoms with E-state index in [1.54, 1.807) is 0 Å². The van der Waals surface area contributed by atoms with E-state index in [1.807, 2.05) is 42.5 Å². The Morgan fingerprint density at radius 2 is 1.07 bits per heavy atom. The second-order valence-corrected chi connectivity index (χ2v) is 9.94. The van der Waals surface area contributed by atoms with Gasteiger partial charge in [-0.2, -0.15) is 0 Å². The third-order valence-corrected chi connectivity index (χ3v) is 7.59. The fourth-order valence-corrected chi connectivity index (χ4v) is 5.69. The molecule has 0 amide bonds. The molecule has 8 aromatic rings. The Labute approximate surface area is 230 Å². The Morgan fingerprint density at radius 3 is 1.90 bits per heavy atom. The standard InChI is InChI=1S/C36H23N3O/c1-2-10-25(11-3-1)35-37-38-36(40-35)26-17-20-28(21-18-26)39-33-16-7-6-14-31(33)32-23-27(19-22-34(32)39)30-15-8-12-24-9-4-5-13-29(24)30/h1-23H. The molecule has 40 heavy (non-hydrogen) atoms. The van der Waals surface area contributed by atoms with Crippen LogP contribution in [0.25, 0.3) is 72.3 Å². The summed E-state index contributed by atoms with van der Waals surface area (Å²) in [6, 6.07) is 48.6. The van der Waals surface area contributed by atoms with Crippen LogP contribution in [-0.4, -0.2) is 14.8 Å². The first kappa shape index (κ1) is 22.5. The molecule has 4 heteroatoms. The number of fused-ring (bicyclic) bond motifs is 4. The quantitative estimate of drug-likeness (QED) is 0.235. The second kappa shape index (κ2) is 9.07. The van der Waals surface area contributed by atoms with Gasteiger partial charge in [-0.05, 0) is 76.5 Å². The number of aromatic nitrogens is 3. The lowest BCUT2D eigenvalue weighted by molar-refractivity contribution is 0.584. The van der Waals surface area contributed by atoms with E-state index in [0.717, 1.165) is 16.8 Å². The van der Waals surface area contributed by atoms with Gasteiger partial charge in [0.25, 0.3) is 0 Å². The third-order valence-electron chi connectivity index (χ3n) is 7.59. The van der Waals surface area contributed by atoms with E-state index in [1.165, 1.54) is 43.7 Å². The van der Waals surface area contributed by atoms with Crippen LogP contribution in [0.5, 0.6) is 0 Å². The van der Waals surface area contributed by atoms with Crippen molar-refractivity contribution in [3.05, 3.63) is 140 Å². The molecule has 0 fully saturated rings. The van der Waals surface area contributed by atoms with Crippen LogP contribution in [0.4, 0.5) is 0 Å². The number of hydrogen-bond acceptors (Lipinski definition) is 3. The van der Waals surface area contributed by atoms with E-state index in [-0.39, 0.29) is 0 Å². The summed E-state index contributed by atoms with van der Waals surface area (Å²) in [7, 11) is 0. The van der Waals surface area contributed by atoms with Crippen LogP contribution in [0.15, 0.2) is 144 Å². The molecule has 2 heterocycles. The third kappa shape index (κ3) is 3.62. The number of benzene rings is 6. The highest BCUT2D eigenvalue weighted by Gasteiger charge is 2.15. The Bertz CT molecular complexity index is 2150. The van der Waals surface area contributed by atoms with Crippen LogP contribution in [0.1, 0.15) is 0 Å². The van der Waals surface area contributed by atoms with Crippen molar-refractivity contribution in [2.24, 2.45) is 0 Å². The fraction of sp³-hybridized carbons (Fsp3) is 0. The smallest absolute Gasteiger partial charge is 0.248 e. The van der Waals surface area contributed by atoms with Crippen molar-refractivity contribution in [2.75, 3.05) is 0 Å². The highest BCUT2D eigenvalue weighted by atomic mass is 16.4. The SMILES string of the molecule is c1ccc(-c2nnc(-c3ccc(-n4c5ccccc5c5cc(-c6cccc7ccccc67)ccc54)cc3)o2)cc1. The molecule has 6 aromatic carbocycles. The summed E-state index contributed by atoms with van der Waals surface area (Å²) >= 11 is 0. The molecule has 0 aliphatic carbocycles. The minimum absolute atomic E-state index is 0.507. The average molecular weight is 514 g/mol. The summed E-state index contributed by atoms with van der Waals surface area (Å²) in [4.78, 5) is 0. The van der Waals surface area contributed by atoms with Crippen LogP contribution in [0, 0.1) is 0 Å². The molecule has 0 N–H and O–H groups in total. The van der Waals surface area contributed by atoms with Crippen LogP contribution in [0.3, 0.4) is 0 Å². The predicted octanol–water partition coefficient (Wildman–Crippen LogP) is 9.32. The van der Waals surface area contributed by atoms with E-state index >= 15 is 0 Å². The second-order valence-electron chi connectivity index (χ2n) is 9.94. The van der Waals surface area contributed by atoms with Crippen molar-refractivity contribution in [1.29, 1.82) is 0 Å². The van der Waals surface area contributed by atoms with Gasteiger partial charge in [0, 0.05) is 27.6 Å². The first-order chi connectivity index (χ1) is 19.8. The van der Waals surface area contributed by atoms with E-state index in [2.05, 4.69) is 112 Å². The average Bonchev–Trinajstić information content (AvgIpc) is 3.65. The van der Waals surface area contributed by atoms with Crippen molar-refractivity contribution >= 4 is 32.6 Å². The van der Waals surface area contributed by atoms with Gasteiger partial charge in [-0.3, -0.25) is 0 Å². The lowest BCUT2D eigenvalue weighted by Gasteiger charge is -2.10. The van der Waals surface area contributed by atoms with Crippen molar-refractivity contribution in [3.8, 4) is 39.7 Å². The molecule has 0 aliphatic heterocycles. The molecule has 4 nitrogen and oxygen atoms in total. The molecule has 0 aliphatic rings. The van der Waals surface area contributed by atoms with Gasteiger partial charge in [0.2, 0.25) is 11.8 Å². The van der Waals surface area contributed by atoms with Gasteiger partial charge in [-0.15, -0.1) is 10.2 Å². The number of rotatable bonds is 4. The van der Waals surface area contributed by atoms with Crippen LogP contribution in [-0.2, 0) is 0 Å². The molecule has 0 radical (unpaired) electrons. The zero-order valence-electron chi connectivity index (χ0n) is 21.5. The summed E-state index contributed by atoms with van der Waals surface area (Å²) < 4.78 is 8.31. The summed E-state index contributed by atoms with van der Waals surface area (Å²) in [5, 5.41) is 13.5. The van der Waals surface area contributed by atoms with Gasteiger partial charge in [0.05, 0.1) is 11.0 Å². The highest BCUT2D eigenvalue weighted by molar-refractivity contribution is 6.11. The number of hydrogen-bond donors (Lipinski definition) is 0. The van der Waals surface area contributed by atoms with E-state index in [9.17, 15) is 0 Å². The van der Waals surface area contributed by atoms with Crippen LogP contribution in [0.2, 0.25) is 0 Å². The van der Waals surface area contributed by atoms with E-state index in [4.69, 9.17) is 4.42 Å². The molecule has 0 atom stereocenters. The first-order valence-electron chi connectivity index (χ1n) is 13.3. The summed E-state index contributed by atoms with van der Waals surface area (Å²) in [5.41, 5.74) is 7.68. The largest absolute Gasteiger partial charge is 0.416 e. The maximum absolute atomic E-state index is 5.98. The fourth-order valence-electron chi connectivity index (χ4n) is 5.69. The lowest BCUT2D eigenvalue weighted by atomic mass is 9.97. The van der Waals surface area contributed by atoms with Gasteiger partial charge in [0.15, 0.2) is 0 Å². The van der Waals surface area contributed by atoms with Gasteiger partial charge < -0.3 is 8.98 Å². The topological polar surface area (TPSA) is 43.9 Å². The Balaban J connectivity index is 1.23. The van der Waals surface area contributed by atoms with Gasteiger partial charge in [0.1, 0.15) is 0 Å². The maximum atomic E-state index is 5.98. The van der Waals surface area contributed by atoms with Crippen molar-refractivity contribution in [2.45, 2.75) is 0 Å². The monoisotopic (exact) mass is 513 g/mol. The lowest BCUT2D eigenvalue weighted by Crippen LogP contribution is -1.93. The van der Waals surface area contributed by atoms with Crippen LogP contribution < -0.4 is 0 Å². The van der Waals surface area contributed by atoms with Crippen molar-refractivity contribution in [1.82, 2.24) is 14.8 Å². The Hall–Kier alpha value is -5.48. The number of nitrogens with zero attached hydrogens (tertiary/aromatic N) is 3. The van der Waals surface area contributed by atoms with Gasteiger partial charge >= 0.3 is 0 Å². The molecule has 0 saturated heterocycles. The molecule has 8 rings (SSSR count). The van der Waals surface area contributed by atoms with Crippen LogP contribution >= 0.6 is 0 Å². The summed E-state index contributed by atoms with van der Waals surface area (Å²) in [6.45, 7) is 0. The highest BCUT2D eigenvalue weighted by Crippen LogP contribution is 2.37. The van der Waals surface area contributed by atoms with E-state index in [0.29, 0.717) is 11.8 Å². The Morgan fingerprint density at radius 1 is 0.450 bits per heavy atom. The Kier molecular flexibility index (Phi) is 5.10. The molecule has 0 unspecified atom stereocenters. The molecule has 0 spiro atoms. The maximum Gasteiger partial charge on any atom is 0.248 e. The van der Waals surface area contributed by atoms with Gasteiger partial charge in [-0.25, -0.2) is 0 Å². The molecule has 2 aromatic heterocycles. The molecular formula is C36H23N3O. The zero-order chi connectivity index (χ0) is 26.5. The number of para-hydroxylation sites is 1. The summed E-state index contributed by atoms with van der Waals surface area (Å²) in [5.74, 6) is 1.02. The normalized spacial score (nSPS) is 11.5. The van der Waals surface area contributed by atoms with Gasteiger partial charge in [-0.1, -0.05) is 84.9 Å². The molecule has 0 saturated carbocycles. The zero-order valence-corrected chi connectivity index (χ0v) is 21.5. The molecule has 188 valence electrons. The van der Waals surface area contributed by atoms with E-state index < -0.39 is 0 Å². The molecular weight excluding hydrogens is 490 g/mol. The minimum atomic E-state index is 0.507. The first-order valence-corrected chi connectivity index (χ1v) is 13.3. The minimum Gasteiger partial charge on any atom is -0.416 e. The summed E-state index contributed by atoms with van der Waals surface area (Å²) in [6.07, 6.45) is 0. The molecule has 0 bridgehead atoms. The van der Waals surface area contributed by atoms with Crippen molar-refractivity contribution in [3.63, 3.8) is 0 Å².